The van der Waals surface area contributed by atoms with Crippen LogP contribution in [-0.2, 0) is 6.54 Å². The number of hydrogen-bond acceptors (Lipinski definition) is 2. The molecule has 0 aliphatic carbocycles. The van der Waals surface area contributed by atoms with E-state index in [0.717, 1.165) is 22.5 Å². The minimum absolute atomic E-state index is 0.767. The van der Waals surface area contributed by atoms with Gasteiger partial charge in [0.1, 0.15) is 5.75 Å². The molecule has 0 amide bonds. The van der Waals surface area contributed by atoms with Crippen LogP contribution in [0.15, 0.2) is 46.9 Å². The summed E-state index contributed by atoms with van der Waals surface area (Å²) in [7, 11) is 1.68. The average Bonchev–Trinajstić information content (AvgIpc) is 2.39. The fraction of sp³-hybridized carbons (Fsp3) is 0.200. The molecule has 0 aliphatic rings. The Kier molecular flexibility index (Phi) is 4.26. The van der Waals surface area contributed by atoms with Crippen molar-refractivity contribution in [2.24, 2.45) is 0 Å². The van der Waals surface area contributed by atoms with Crippen molar-refractivity contribution in [1.29, 1.82) is 0 Å². The number of benzene rings is 2. The second-order valence-electron chi connectivity index (χ2n) is 4.13. The number of aryl methyl sites for hydroxylation is 1. The molecule has 2 nitrogen and oxygen atoms in total. The number of ether oxygens (including phenoxy) is 1. The Bertz CT molecular complexity index is 540. The van der Waals surface area contributed by atoms with Crippen LogP contribution in [0.25, 0.3) is 0 Å². The minimum atomic E-state index is 0.767. The molecule has 0 fully saturated rings. The van der Waals surface area contributed by atoms with E-state index in [0.29, 0.717) is 0 Å². The van der Waals surface area contributed by atoms with Gasteiger partial charge in [-0.3, -0.25) is 0 Å². The topological polar surface area (TPSA) is 21.3 Å². The molecular weight excluding hydrogens is 290 g/mol. The molecular formula is C15H16BrNO. The van der Waals surface area contributed by atoms with Gasteiger partial charge in [-0.25, -0.2) is 0 Å². The molecule has 0 aromatic heterocycles. The third-order valence-electron chi connectivity index (χ3n) is 2.87. The third kappa shape index (κ3) is 3.05. The summed E-state index contributed by atoms with van der Waals surface area (Å²) in [6.45, 7) is 2.87. The van der Waals surface area contributed by atoms with Crippen molar-refractivity contribution in [3.8, 4) is 5.75 Å². The van der Waals surface area contributed by atoms with Crippen LogP contribution in [0.1, 0.15) is 11.1 Å². The predicted octanol–water partition coefficient (Wildman–Crippen LogP) is 4.38. The monoisotopic (exact) mass is 305 g/mol. The molecule has 18 heavy (non-hydrogen) atoms. The van der Waals surface area contributed by atoms with Gasteiger partial charge >= 0.3 is 0 Å². The third-order valence-corrected chi connectivity index (χ3v) is 3.64. The highest BCUT2D eigenvalue weighted by atomic mass is 79.9. The fourth-order valence-corrected chi connectivity index (χ4v) is 2.16. The maximum absolute atomic E-state index is 5.24. The molecule has 0 heterocycles. The number of methoxy groups -OCH3 is 1. The molecule has 3 heteroatoms. The van der Waals surface area contributed by atoms with E-state index >= 15 is 0 Å². The average molecular weight is 306 g/mol. The molecule has 0 radical (unpaired) electrons. The Morgan fingerprint density at radius 3 is 2.67 bits per heavy atom. The van der Waals surface area contributed by atoms with Gasteiger partial charge in [0.2, 0.25) is 0 Å². The lowest BCUT2D eigenvalue weighted by atomic mass is 10.1. The summed E-state index contributed by atoms with van der Waals surface area (Å²) in [6, 6.07) is 14.3. The van der Waals surface area contributed by atoms with Gasteiger partial charge in [-0.15, -0.1) is 0 Å². The second-order valence-corrected chi connectivity index (χ2v) is 4.98. The van der Waals surface area contributed by atoms with Crippen LogP contribution in [0.5, 0.6) is 5.75 Å². The molecule has 1 N–H and O–H groups in total. The Hall–Kier alpha value is -1.48. The van der Waals surface area contributed by atoms with Crippen LogP contribution in [0.4, 0.5) is 5.69 Å². The van der Waals surface area contributed by atoms with Gasteiger partial charge in [0, 0.05) is 16.7 Å². The molecule has 2 rings (SSSR count). The number of rotatable bonds is 4. The highest BCUT2D eigenvalue weighted by Gasteiger charge is 2.03. The van der Waals surface area contributed by atoms with Crippen molar-refractivity contribution in [3.05, 3.63) is 58.1 Å². The Morgan fingerprint density at radius 2 is 1.94 bits per heavy atom. The number of halogens is 1. The van der Waals surface area contributed by atoms with Gasteiger partial charge in [-0.2, -0.15) is 0 Å². The lowest BCUT2D eigenvalue weighted by Gasteiger charge is -2.11. The molecule has 2 aromatic carbocycles. The van der Waals surface area contributed by atoms with Crippen LogP contribution in [-0.4, -0.2) is 7.11 Å². The van der Waals surface area contributed by atoms with E-state index in [1.165, 1.54) is 11.1 Å². The zero-order valence-corrected chi connectivity index (χ0v) is 12.1. The normalized spacial score (nSPS) is 10.2. The van der Waals surface area contributed by atoms with Crippen molar-refractivity contribution >= 4 is 21.6 Å². The van der Waals surface area contributed by atoms with Gasteiger partial charge in [-0.05, 0) is 42.3 Å². The van der Waals surface area contributed by atoms with Crippen molar-refractivity contribution < 1.29 is 4.74 Å². The highest BCUT2D eigenvalue weighted by Crippen LogP contribution is 2.24. The maximum atomic E-state index is 5.24. The summed E-state index contributed by atoms with van der Waals surface area (Å²) in [5.41, 5.74) is 3.58. The summed E-state index contributed by atoms with van der Waals surface area (Å²) in [4.78, 5) is 0. The molecule has 0 spiro atoms. The summed E-state index contributed by atoms with van der Waals surface area (Å²) >= 11 is 3.56. The van der Waals surface area contributed by atoms with Gasteiger partial charge in [0.05, 0.1) is 7.11 Å². The quantitative estimate of drug-likeness (QED) is 0.905. The number of hydrogen-bond donors (Lipinski definition) is 1. The van der Waals surface area contributed by atoms with Crippen molar-refractivity contribution in [2.75, 3.05) is 12.4 Å². The number of nitrogens with one attached hydrogen (secondary N) is 1. The molecule has 0 aliphatic heterocycles. The molecule has 94 valence electrons. The molecule has 0 saturated carbocycles. The van der Waals surface area contributed by atoms with Crippen LogP contribution < -0.4 is 10.1 Å². The zero-order valence-electron chi connectivity index (χ0n) is 10.5. The Balaban J connectivity index is 2.13. The second kappa shape index (κ2) is 5.91. The first-order chi connectivity index (χ1) is 8.70. The molecule has 0 atom stereocenters. The van der Waals surface area contributed by atoms with Crippen LogP contribution in [0, 0.1) is 6.92 Å². The van der Waals surface area contributed by atoms with Crippen LogP contribution in [0.3, 0.4) is 0 Å². The van der Waals surface area contributed by atoms with Gasteiger partial charge in [0.25, 0.3) is 0 Å². The van der Waals surface area contributed by atoms with Crippen LogP contribution in [0.2, 0.25) is 0 Å². The minimum Gasteiger partial charge on any atom is -0.497 e. The predicted molar refractivity (Wildman–Crippen MR) is 79.2 cm³/mol. The van der Waals surface area contributed by atoms with E-state index in [9.17, 15) is 0 Å². The van der Waals surface area contributed by atoms with Gasteiger partial charge in [-0.1, -0.05) is 34.1 Å². The fourth-order valence-electron chi connectivity index (χ4n) is 1.78. The smallest absolute Gasteiger partial charge is 0.119 e. The number of para-hydroxylation sites is 1. The van der Waals surface area contributed by atoms with Gasteiger partial charge < -0.3 is 10.1 Å². The Morgan fingerprint density at radius 1 is 1.17 bits per heavy atom. The van der Waals surface area contributed by atoms with Crippen LogP contribution >= 0.6 is 15.9 Å². The van der Waals surface area contributed by atoms with E-state index in [4.69, 9.17) is 4.74 Å². The first-order valence-electron chi connectivity index (χ1n) is 5.82. The first kappa shape index (κ1) is 13.0. The molecule has 0 unspecified atom stereocenters. The summed E-state index contributed by atoms with van der Waals surface area (Å²) in [6.07, 6.45) is 0. The van der Waals surface area contributed by atoms with Crippen molar-refractivity contribution in [3.63, 3.8) is 0 Å². The maximum Gasteiger partial charge on any atom is 0.119 e. The summed E-state index contributed by atoms with van der Waals surface area (Å²) < 4.78 is 6.32. The van der Waals surface area contributed by atoms with E-state index in [1.54, 1.807) is 7.11 Å². The standard InChI is InChI=1S/C15H16BrNO/c1-11-5-3-4-6-15(11)17-10-12-9-13(18-2)7-8-14(12)16/h3-9,17H,10H2,1-2H3. The van der Waals surface area contributed by atoms with Gasteiger partial charge in [0.15, 0.2) is 0 Å². The highest BCUT2D eigenvalue weighted by molar-refractivity contribution is 9.10. The summed E-state index contributed by atoms with van der Waals surface area (Å²) in [5, 5.41) is 3.44. The Labute approximate surface area is 116 Å². The zero-order chi connectivity index (χ0) is 13.0. The largest absolute Gasteiger partial charge is 0.497 e. The van der Waals surface area contributed by atoms with E-state index < -0.39 is 0 Å². The van der Waals surface area contributed by atoms with Crippen molar-refractivity contribution in [2.45, 2.75) is 13.5 Å². The van der Waals surface area contributed by atoms with Crippen molar-refractivity contribution in [1.82, 2.24) is 0 Å². The first-order valence-corrected chi connectivity index (χ1v) is 6.62. The SMILES string of the molecule is COc1ccc(Br)c(CNc2ccccc2C)c1. The van der Waals surface area contributed by atoms with E-state index in [1.807, 2.05) is 30.3 Å². The molecule has 0 bridgehead atoms. The molecule has 2 aromatic rings. The lowest BCUT2D eigenvalue weighted by Crippen LogP contribution is -2.02. The summed E-state index contributed by atoms with van der Waals surface area (Å²) in [5.74, 6) is 0.875. The van der Waals surface area contributed by atoms with E-state index in [2.05, 4.69) is 40.3 Å². The number of anilines is 1. The molecule has 0 saturated heterocycles. The lowest BCUT2D eigenvalue weighted by molar-refractivity contribution is 0.414. The van der Waals surface area contributed by atoms with E-state index in [-0.39, 0.29) is 0 Å².